The first-order valence-electron chi connectivity index (χ1n) is 7.95. The molecule has 1 saturated heterocycles. The first-order valence-corrected chi connectivity index (χ1v) is 8.76. The zero-order valence-electron chi connectivity index (χ0n) is 12.9. The van der Waals surface area contributed by atoms with Gasteiger partial charge in [0.05, 0.1) is 10.2 Å². The summed E-state index contributed by atoms with van der Waals surface area (Å²) in [6, 6.07) is 5.38. The van der Waals surface area contributed by atoms with E-state index in [1.54, 1.807) is 6.07 Å². The summed E-state index contributed by atoms with van der Waals surface area (Å²) in [4.78, 5) is 28.8. The number of hydrogen-bond donors (Lipinski definition) is 3. The van der Waals surface area contributed by atoms with E-state index in [0.29, 0.717) is 48.1 Å². The number of aromatic nitrogens is 1. The van der Waals surface area contributed by atoms with Crippen LogP contribution in [0, 0.1) is 17.8 Å². The first-order chi connectivity index (χ1) is 11.5. The van der Waals surface area contributed by atoms with Crippen LogP contribution in [0.2, 0.25) is 0 Å². The Labute approximate surface area is 142 Å². The standard InChI is InChI=1S/C16H18N4O3S/c17-15-19-12-2-1-8(5-13(12)24-15)14(21)18-4-3-9-10-6-20(16(22)23)7-11(9)10/h1-2,5,9-11H,3-4,6-7H2,(H2,17,19)(H,18,21)(H,22,23). The highest BCUT2D eigenvalue weighted by molar-refractivity contribution is 7.22. The molecule has 8 heteroatoms. The number of hydrogen-bond acceptors (Lipinski definition) is 5. The van der Waals surface area contributed by atoms with E-state index in [4.69, 9.17) is 10.8 Å². The van der Waals surface area contributed by atoms with Gasteiger partial charge in [-0.25, -0.2) is 9.78 Å². The highest BCUT2D eigenvalue weighted by atomic mass is 32.1. The van der Waals surface area contributed by atoms with E-state index in [9.17, 15) is 9.59 Å². The van der Waals surface area contributed by atoms with Gasteiger partial charge in [-0.2, -0.15) is 0 Å². The second kappa shape index (κ2) is 5.62. The topological polar surface area (TPSA) is 109 Å². The highest BCUT2D eigenvalue weighted by Gasteiger charge is 2.55. The molecule has 2 amide bonds. The predicted octanol–water partition coefficient (Wildman–Crippen LogP) is 1.85. The summed E-state index contributed by atoms with van der Waals surface area (Å²) >= 11 is 1.37. The summed E-state index contributed by atoms with van der Waals surface area (Å²) in [5, 5.41) is 12.4. The Morgan fingerprint density at radius 3 is 2.83 bits per heavy atom. The third-order valence-electron chi connectivity index (χ3n) is 5.07. The Kier molecular flexibility index (Phi) is 3.56. The molecule has 2 atom stereocenters. The number of carbonyl (C=O) groups is 2. The monoisotopic (exact) mass is 346 g/mol. The third-order valence-corrected chi connectivity index (χ3v) is 5.92. The number of piperidine rings is 1. The average molecular weight is 346 g/mol. The average Bonchev–Trinajstić information content (AvgIpc) is 2.90. The van der Waals surface area contributed by atoms with Crippen LogP contribution in [0.15, 0.2) is 18.2 Å². The first kappa shape index (κ1) is 15.2. The maximum atomic E-state index is 12.2. The van der Waals surface area contributed by atoms with Crippen molar-refractivity contribution >= 4 is 38.7 Å². The molecule has 2 aromatic rings. The number of benzene rings is 1. The molecule has 4 N–H and O–H groups in total. The number of fused-ring (bicyclic) bond motifs is 2. The largest absolute Gasteiger partial charge is 0.465 e. The van der Waals surface area contributed by atoms with Crippen molar-refractivity contribution in [1.82, 2.24) is 15.2 Å². The molecule has 0 spiro atoms. The summed E-state index contributed by atoms with van der Waals surface area (Å²) < 4.78 is 0.908. The molecule has 2 aliphatic rings. The second-order valence-electron chi connectivity index (χ2n) is 6.46. The van der Waals surface area contributed by atoms with Crippen molar-refractivity contribution in [2.75, 3.05) is 25.4 Å². The molecular weight excluding hydrogens is 328 g/mol. The van der Waals surface area contributed by atoms with Gasteiger partial charge in [-0.1, -0.05) is 11.3 Å². The second-order valence-corrected chi connectivity index (χ2v) is 7.52. The number of carboxylic acid groups (broad SMARTS) is 1. The van der Waals surface area contributed by atoms with Gasteiger partial charge < -0.3 is 21.1 Å². The van der Waals surface area contributed by atoms with Gasteiger partial charge in [-0.15, -0.1) is 0 Å². The Hall–Kier alpha value is -2.35. The molecule has 1 aliphatic heterocycles. The lowest BCUT2D eigenvalue weighted by molar-refractivity contribution is 0.0952. The van der Waals surface area contributed by atoms with E-state index in [1.807, 2.05) is 12.1 Å². The van der Waals surface area contributed by atoms with Crippen LogP contribution in [0.25, 0.3) is 10.2 Å². The number of amides is 2. The maximum Gasteiger partial charge on any atom is 0.407 e. The summed E-state index contributed by atoms with van der Waals surface area (Å²) in [5.41, 5.74) is 7.10. The van der Waals surface area contributed by atoms with Gasteiger partial charge >= 0.3 is 6.09 Å². The van der Waals surface area contributed by atoms with E-state index >= 15 is 0 Å². The van der Waals surface area contributed by atoms with Gasteiger partial charge in [0.1, 0.15) is 0 Å². The van der Waals surface area contributed by atoms with Crippen molar-refractivity contribution in [3.8, 4) is 0 Å². The van der Waals surface area contributed by atoms with Gasteiger partial charge in [0, 0.05) is 25.2 Å². The van der Waals surface area contributed by atoms with Crippen molar-refractivity contribution in [3.63, 3.8) is 0 Å². The van der Waals surface area contributed by atoms with Crippen LogP contribution < -0.4 is 11.1 Å². The molecule has 2 fully saturated rings. The minimum absolute atomic E-state index is 0.0955. The number of rotatable bonds is 4. The lowest BCUT2D eigenvalue weighted by Crippen LogP contribution is -2.30. The van der Waals surface area contributed by atoms with Gasteiger partial charge in [-0.05, 0) is 42.4 Å². The van der Waals surface area contributed by atoms with Gasteiger partial charge in [0.2, 0.25) is 0 Å². The van der Waals surface area contributed by atoms with E-state index in [2.05, 4.69) is 10.3 Å². The number of nitrogens with two attached hydrogens (primary N) is 1. The Morgan fingerprint density at radius 1 is 1.38 bits per heavy atom. The number of thiazole rings is 1. The van der Waals surface area contributed by atoms with Crippen LogP contribution in [0.4, 0.5) is 9.93 Å². The SMILES string of the molecule is Nc1nc2ccc(C(=O)NCCC3C4CN(C(=O)O)CC34)cc2s1. The number of nitrogen functional groups attached to an aromatic ring is 1. The summed E-state index contributed by atoms with van der Waals surface area (Å²) in [6.45, 7) is 1.90. The smallest absolute Gasteiger partial charge is 0.407 e. The Morgan fingerprint density at radius 2 is 2.12 bits per heavy atom. The van der Waals surface area contributed by atoms with E-state index in [1.165, 1.54) is 16.2 Å². The van der Waals surface area contributed by atoms with Crippen LogP contribution in [-0.2, 0) is 0 Å². The minimum Gasteiger partial charge on any atom is -0.465 e. The Bertz CT molecular complexity index is 809. The van der Waals surface area contributed by atoms with Crippen molar-refractivity contribution in [1.29, 1.82) is 0 Å². The summed E-state index contributed by atoms with van der Waals surface area (Å²) in [7, 11) is 0. The molecule has 24 heavy (non-hydrogen) atoms. The van der Waals surface area contributed by atoms with Gasteiger partial charge in [0.15, 0.2) is 5.13 Å². The zero-order chi connectivity index (χ0) is 16.8. The van der Waals surface area contributed by atoms with Crippen molar-refractivity contribution in [2.45, 2.75) is 6.42 Å². The fourth-order valence-electron chi connectivity index (χ4n) is 3.77. The molecule has 1 aliphatic carbocycles. The van der Waals surface area contributed by atoms with Crippen LogP contribution in [-0.4, -0.2) is 46.6 Å². The van der Waals surface area contributed by atoms with E-state index in [-0.39, 0.29) is 5.91 Å². The summed E-state index contributed by atoms with van der Waals surface area (Å²) in [6.07, 6.45) is 0.0814. The molecule has 2 heterocycles. The third kappa shape index (κ3) is 2.66. The lowest BCUT2D eigenvalue weighted by Gasteiger charge is -2.15. The number of carbonyl (C=O) groups excluding carboxylic acids is 1. The highest BCUT2D eigenvalue weighted by Crippen LogP contribution is 2.53. The maximum absolute atomic E-state index is 12.2. The molecule has 7 nitrogen and oxygen atoms in total. The zero-order valence-corrected chi connectivity index (χ0v) is 13.8. The van der Waals surface area contributed by atoms with Crippen molar-refractivity contribution < 1.29 is 14.7 Å². The van der Waals surface area contributed by atoms with Crippen LogP contribution in [0.1, 0.15) is 16.8 Å². The van der Waals surface area contributed by atoms with Crippen molar-refractivity contribution in [3.05, 3.63) is 23.8 Å². The molecule has 0 radical (unpaired) electrons. The number of nitrogens with zero attached hydrogens (tertiary/aromatic N) is 2. The predicted molar refractivity (Wildman–Crippen MR) is 91.1 cm³/mol. The molecule has 2 unspecified atom stereocenters. The van der Waals surface area contributed by atoms with Crippen molar-refractivity contribution in [2.24, 2.45) is 17.8 Å². The molecule has 1 aromatic carbocycles. The van der Waals surface area contributed by atoms with E-state index < -0.39 is 6.09 Å². The number of anilines is 1. The molecule has 1 saturated carbocycles. The molecule has 1 aromatic heterocycles. The number of likely N-dealkylation sites (tertiary alicyclic amines) is 1. The molecule has 126 valence electrons. The fourth-order valence-corrected chi connectivity index (χ4v) is 4.55. The van der Waals surface area contributed by atoms with Gasteiger partial charge in [-0.3, -0.25) is 4.79 Å². The van der Waals surface area contributed by atoms with E-state index in [0.717, 1.165) is 16.6 Å². The van der Waals surface area contributed by atoms with Crippen LogP contribution >= 0.6 is 11.3 Å². The quantitative estimate of drug-likeness (QED) is 0.783. The van der Waals surface area contributed by atoms with Crippen LogP contribution in [0.3, 0.4) is 0 Å². The minimum atomic E-state index is -0.826. The summed E-state index contributed by atoms with van der Waals surface area (Å²) in [5.74, 6) is 1.41. The normalized spacial score (nSPS) is 24.8. The molecule has 4 rings (SSSR count). The lowest BCUT2D eigenvalue weighted by atomic mass is 10.1. The van der Waals surface area contributed by atoms with Gasteiger partial charge in [0.25, 0.3) is 5.91 Å². The fraction of sp³-hybridized carbons (Fsp3) is 0.438. The molecular formula is C16H18N4O3S. The van der Waals surface area contributed by atoms with Crippen LogP contribution in [0.5, 0.6) is 0 Å². The Balaban J connectivity index is 1.27. The number of nitrogens with one attached hydrogen (secondary N) is 1. The molecule has 0 bridgehead atoms.